The van der Waals surface area contributed by atoms with Crippen molar-refractivity contribution >= 4 is 51.6 Å². The number of likely N-dealkylation sites (tertiary alicyclic amines) is 1. The van der Waals surface area contributed by atoms with Crippen LogP contribution in [0.5, 0.6) is 0 Å². The van der Waals surface area contributed by atoms with Gasteiger partial charge < -0.3 is 20.4 Å². The number of thiazole rings is 1. The lowest BCUT2D eigenvalue weighted by molar-refractivity contribution is -0.148. The molecule has 1 saturated heterocycles. The third-order valence-corrected chi connectivity index (χ3v) is 8.99. The highest BCUT2D eigenvalue weighted by molar-refractivity contribution is 7.13. The van der Waals surface area contributed by atoms with Gasteiger partial charge in [-0.15, -0.1) is 11.3 Å². The van der Waals surface area contributed by atoms with E-state index >= 15 is 0 Å². The molecule has 40 heavy (non-hydrogen) atoms. The molecule has 12 heteroatoms. The number of benzene rings is 1. The van der Waals surface area contributed by atoms with E-state index in [0.717, 1.165) is 41.0 Å². The van der Waals surface area contributed by atoms with Crippen molar-refractivity contribution in [2.45, 2.75) is 64.8 Å². The molecule has 2 amide bonds. The molecule has 214 valence electrons. The summed E-state index contributed by atoms with van der Waals surface area (Å²) in [6.45, 7) is 10.6. The summed E-state index contributed by atoms with van der Waals surface area (Å²) in [5.41, 5.74) is 2.17. The summed E-state index contributed by atoms with van der Waals surface area (Å²) in [5.74, 6) is -0.916. The van der Waals surface area contributed by atoms with Crippen LogP contribution < -0.4 is 10.6 Å². The Labute approximate surface area is 242 Å². The summed E-state index contributed by atoms with van der Waals surface area (Å²) in [5, 5.41) is 7.99. The van der Waals surface area contributed by atoms with E-state index in [9.17, 15) is 14.4 Å². The van der Waals surface area contributed by atoms with Crippen molar-refractivity contribution in [3.05, 3.63) is 50.6 Å². The van der Waals surface area contributed by atoms with Gasteiger partial charge in [0.1, 0.15) is 11.7 Å². The summed E-state index contributed by atoms with van der Waals surface area (Å²) in [4.78, 5) is 52.3. The van der Waals surface area contributed by atoms with Gasteiger partial charge in [-0.3, -0.25) is 24.2 Å². The Kier molecular flexibility index (Phi) is 8.46. The second kappa shape index (κ2) is 11.9. The minimum Gasteiger partial charge on any atom is -0.465 e. The predicted molar refractivity (Wildman–Crippen MR) is 155 cm³/mol. The number of nitrogens with zero attached hydrogens (tertiary/aromatic N) is 3. The number of nitrogens with one attached hydrogen (secondary N) is 3. The number of carbonyl (C=O) groups is 3. The van der Waals surface area contributed by atoms with E-state index < -0.39 is 18.1 Å². The molecule has 0 spiro atoms. The number of ether oxygens (including phenoxy) is 1. The average molecular weight is 587 g/mol. The van der Waals surface area contributed by atoms with Gasteiger partial charge in [0.25, 0.3) is 11.8 Å². The lowest BCUT2D eigenvalue weighted by Crippen LogP contribution is -2.51. The van der Waals surface area contributed by atoms with Gasteiger partial charge in [0.2, 0.25) is 0 Å². The number of fused-ring (bicyclic) bond motifs is 2. The largest absolute Gasteiger partial charge is 0.465 e. The first kappa shape index (κ1) is 28.5. The lowest BCUT2D eigenvalue weighted by Gasteiger charge is -2.29. The molecule has 0 bridgehead atoms. The first-order valence-electron chi connectivity index (χ1n) is 13.7. The van der Waals surface area contributed by atoms with Crippen LogP contribution in [0.25, 0.3) is 10.9 Å². The molecule has 1 aromatic carbocycles. The second-order valence-electron chi connectivity index (χ2n) is 10.7. The highest BCUT2D eigenvalue weighted by Gasteiger charge is 2.40. The topological polar surface area (TPSA) is 120 Å². The van der Waals surface area contributed by atoms with E-state index in [2.05, 4.69) is 39.3 Å². The quantitative estimate of drug-likeness (QED) is 0.347. The zero-order chi connectivity index (χ0) is 28.6. The molecule has 3 aromatic rings. The molecule has 3 atom stereocenters. The summed E-state index contributed by atoms with van der Waals surface area (Å²) in [6, 6.07) is 6.16. The zero-order valence-corrected chi connectivity index (χ0v) is 24.7. The monoisotopic (exact) mass is 586 g/mol. The van der Waals surface area contributed by atoms with Gasteiger partial charge in [-0.05, 0) is 52.0 Å². The van der Waals surface area contributed by atoms with Crippen molar-refractivity contribution in [2.24, 2.45) is 0 Å². The van der Waals surface area contributed by atoms with Crippen LogP contribution in [0.3, 0.4) is 0 Å². The van der Waals surface area contributed by atoms with Crippen LogP contribution in [0.2, 0.25) is 5.02 Å². The van der Waals surface area contributed by atoms with Gasteiger partial charge in [0, 0.05) is 59.4 Å². The number of rotatable bonds is 8. The Balaban J connectivity index is 1.32. The SMILES string of the molecule is CCOC(=O)C(C)N1C[C@@H](NC(=O)c2cc3cc(Cl)ccc3[nH]2)[C@H](NC(=O)c2nc3c(s2)CN(C(C)C)CC3)C1. The third-order valence-electron chi connectivity index (χ3n) is 7.67. The van der Waals surface area contributed by atoms with Crippen LogP contribution >= 0.6 is 22.9 Å². The Morgan fingerprint density at radius 1 is 1.12 bits per heavy atom. The maximum absolute atomic E-state index is 13.4. The number of hydrogen-bond acceptors (Lipinski definition) is 8. The highest BCUT2D eigenvalue weighted by atomic mass is 35.5. The van der Waals surface area contributed by atoms with Crippen molar-refractivity contribution in [1.29, 1.82) is 0 Å². The summed E-state index contributed by atoms with van der Waals surface area (Å²) in [7, 11) is 0. The molecule has 1 unspecified atom stereocenters. The van der Waals surface area contributed by atoms with Gasteiger partial charge in [-0.25, -0.2) is 4.98 Å². The summed E-state index contributed by atoms with van der Waals surface area (Å²) < 4.78 is 5.22. The normalized spacial score (nSPS) is 20.4. The fourth-order valence-electron chi connectivity index (χ4n) is 5.31. The van der Waals surface area contributed by atoms with Crippen molar-refractivity contribution in [3.8, 4) is 0 Å². The van der Waals surface area contributed by atoms with E-state index in [0.29, 0.717) is 34.9 Å². The first-order chi connectivity index (χ1) is 19.1. The van der Waals surface area contributed by atoms with Crippen molar-refractivity contribution in [3.63, 3.8) is 0 Å². The standard InChI is InChI=1S/C28H35ClN6O4S/c1-5-39-28(38)16(4)35-12-22(31-25(36)21-11-17-10-18(29)6-7-19(17)30-21)23(13-35)32-26(37)27-33-20-8-9-34(15(2)3)14-24(20)40-27/h6-7,10-11,15-16,22-23,30H,5,8-9,12-14H2,1-4H3,(H,31,36)(H,32,37)/t16?,22-,23-/m1/s1. The van der Waals surface area contributed by atoms with Crippen LogP contribution in [-0.2, 0) is 22.5 Å². The van der Waals surface area contributed by atoms with Gasteiger partial charge in [-0.2, -0.15) is 0 Å². The van der Waals surface area contributed by atoms with Crippen LogP contribution in [0.1, 0.15) is 58.6 Å². The smallest absolute Gasteiger partial charge is 0.323 e. The molecular weight excluding hydrogens is 552 g/mol. The molecule has 2 aliphatic heterocycles. The molecule has 5 rings (SSSR count). The highest BCUT2D eigenvalue weighted by Crippen LogP contribution is 2.27. The van der Waals surface area contributed by atoms with E-state index in [-0.39, 0.29) is 24.4 Å². The summed E-state index contributed by atoms with van der Waals surface area (Å²) in [6.07, 6.45) is 0.819. The Morgan fingerprint density at radius 2 is 1.85 bits per heavy atom. The first-order valence-corrected chi connectivity index (χ1v) is 14.9. The van der Waals surface area contributed by atoms with Crippen molar-refractivity contribution in [1.82, 2.24) is 30.4 Å². The van der Waals surface area contributed by atoms with Crippen molar-refractivity contribution < 1.29 is 19.1 Å². The number of amides is 2. The number of hydrogen-bond donors (Lipinski definition) is 3. The molecule has 4 heterocycles. The Bertz CT molecular complexity index is 1420. The van der Waals surface area contributed by atoms with Gasteiger partial charge in [0.15, 0.2) is 5.01 Å². The Morgan fingerprint density at radius 3 is 2.55 bits per heavy atom. The maximum Gasteiger partial charge on any atom is 0.323 e. The second-order valence-corrected chi connectivity index (χ2v) is 12.2. The van der Waals surface area contributed by atoms with Gasteiger partial charge in [-0.1, -0.05) is 11.6 Å². The molecule has 1 fully saturated rings. The minimum absolute atomic E-state index is 0.273. The van der Waals surface area contributed by atoms with Gasteiger partial charge in [0.05, 0.1) is 24.4 Å². The molecule has 3 N–H and O–H groups in total. The molecule has 2 aliphatic rings. The number of H-pyrrole nitrogens is 1. The molecule has 0 saturated carbocycles. The number of carbonyl (C=O) groups excluding carboxylic acids is 3. The third kappa shape index (κ3) is 6.02. The van der Waals surface area contributed by atoms with Crippen LogP contribution in [0.15, 0.2) is 24.3 Å². The fourth-order valence-corrected chi connectivity index (χ4v) is 6.53. The molecule has 2 aromatic heterocycles. The fraction of sp³-hybridized carbons (Fsp3) is 0.500. The molecule has 0 aliphatic carbocycles. The Hall–Kier alpha value is -2.99. The summed E-state index contributed by atoms with van der Waals surface area (Å²) >= 11 is 7.53. The maximum atomic E-state index is 13.4. The van der Waals surface area contributed by atoms with Crippen molar-refractivity contribution in [2.75, 3.05) is 26.2 Å². The zero-order valence-electron chi connectivity index (χ0n) is 23.1. The predicted octanol–water partition coefficient (Wildman–Crippen LogP) is 3.21. The number of halogens is 1. The van der Waals surface area contributed by atoms with E-state index in [4.69, 9.17) is 16.3 Å². The van der Waals surface area contributed by atoms with Crippen LogP contribution in [-0.4, -0.2) is 88.0 Å². The lowest BCUT2D eigenvalue weighted by atomic mass is 10.1. The molecule has 0 radical (unpaired) electrons. The van der Waals surface area contributed by atoms with E-state index in [1.54, 1.807) is 32.0 Å². The number of esters is 1. The minimum atomic E-state index is -0.523. The number of aromatic amines is 1. The van der Waals surface area contributed by atoms with Crippen LogP contribution in [0.4, 0.5) is 0 Å². The van der Waals surface area contributed by atoms with Crippen LogP contribution in [0, 0.1) is 0 Å². The molecule has 10 nitrogen and oxygen atoms in total. The number of aromatic nitrogens is 2. The average Bonchev–Trinajstić information content (AvgIpc) is 3.64. The van der Waals surface area contributed by atoms with E-state index in [1.165, 1.54) is 11.3 Å². The molecular formula is C28H35ClN6O4S. The van der Waals surface area contributed by atoms with Gasteiger partial charge >= 0.3 is 5.97 Å². The van der Waals surface area contributed by atoms with E-state index in [1.807, 2.05) is 11.0 Å².